The summed E-state index contributed by atoms with van der Waals surface area (Å²) in [5, 5.41) is 11.8. The molecule has 0 heterocycles. The fourth-order valence-corrected chi connectivity index (χ4v) is 1.47. The zero-order valence-corrected chi connectivity index (χ0v) is 10.8. The standard InChI is InChI=1S/C13H18N2O4/c1-19-13(18)11(16)8-15-12(17)6-9-2-4-10(7-14)5-3-9/h2-5,11,16H,6-8,14H2,1H3,(H,15,17). The third-order valence-corrected chi connectivity index (χ3v) is 2.59. The van der Waals surface area contributed by atoms with Crippen molar-refractivity contribution in [3.05, 3.63) is 35.4 Å². The van der Waals surface area contributed by atoms with Gasteiger partial charge >= 0.3 is 5.97 Å². The lowest BCUT2D eigenvalue weighted by molar-refractivity contribution is -0.150. The van der Waals surface area contributed by atoms with Crippen molar-refractivity contribution in [1.82, 2.24) is 5.32 Å². The van der Waals surface area contributed by atoms with Gasteiger partial charge in [0.25, 0.3) is 0 Å². The predicted molar refractivity (Wildman–Crippen MR) is 69.1 cm³/mol. The molecule has 0 aliphatic heterocycles. The molecule has 6 heteroatoms. The summed E-state index contributed by atoms with van der Waals surface area (Å²) in [6, 6.07) is 7.34. The van der Waals surface area contributed by atoms with E-state index < -0.39 is 12.1 Å². The molecule has 0 spiro atoms. The van der Waals surface area contributed by atoms with Gasteiger partial charge in [-0.1, -0.05) is 24.3 Å². The molecule has 1 aromatic rings. The van der Waals surface area contributed by atoms with Crippen molar-refractivity contribution >= 4 is 11.9 Å². The number of benzene rings is 1. The number of hydrogen-bond donors (Lipinski definition) is 3. The summed E-state index contributed by atoms with van der Waals surface area (Å²) in [6.07, 6.45) is -1.16. The van der Waals surface area contributed by atoms with Gasteiger partial charge in [-0.25, -0.2) is 4.79 Å². The molecule has 1 rings (SSSR count). The van der Waals surface area contributed by atoms with E-state index in [1.165, 1.54) is 7.11 Å². The maximum Gasteiger partial charge on any atom is 0.336 e. The summed E-state index contributed by atoms with van der Waals surface area (Å²) in [5.74, 6) is -1.05. The van der Waals surface area contributed by atoms with Gasteiger partial charge in [0.1, 0.15) is 0 Å². The highest BCUT2D eigenvalue weighted by Gasteiger charge is 2.16. The van der Waals surface area contributed by atoms with Crippen LogP contribution in [-0.2, 0) is 27.3 Å². The van der Waals surface area contributed by atoms with Crippen molar-refractivity contribution in [2.75, 3.05) is 13.7 Å². The van der Waals surface area contributed by atoms with Gasteiger partial charge < -0.3 is 20.9 Å². The second-order valence-corrected chi connectivity index (χ2v) is 4.04. The minimum atomic E-state index is -1.34. The Morgan fingerprint density at radius 1 is 1.32 bits per heavy atom. The quantitative estimate of drug-likeness (QED) is 0.593. The monoisotopic (exact) mass is 266 g/mol. The first-order valence-corrected chi connectivity index (χ1v) is 5.87. The van der Waals surface area contributed by atoms with Gasteiger partial charge in [-0.15, -0.1) is 0 Å². The summed E-state index contributed by atoms with van der Waals surface area (Å²) in [4.78, 5) is 22.5. The maximum absolute atomic E-state index is 11.6. The molecule has 0 aliphatic rings. The highest BCUT2D eigenvalue weighted by molar-refractivity contribution is 5.80. The highest BCUT2D eigenvalue weighted by atomic mass is 16.5. The smallest absolute Gasteiger partial charge is 0.336 e. The van der Waals surface area contributed by atoms with E-state index >= 15 is 0 Å². The normalized spacial score (nSPS) is 11.7. The van der Waals surface area contributed by atoms with Crippen molar-refractivity contribution in [3.8, 4) is 0 Å². The minimum absolute atomic E-state index is 0.160. The topological polar surface area (TPSA) is 102 Å². The molecule has 104 valence electrons. The Morgan fingerprint density at radius 2 is 1.89 bits per heavy atom. The average molecular weight is 266 g/mol. The molecule has 1 atom stereocenters. The van der Waals surface area contributed by atoms with Crippen LogP contribution in [0, 0.1) is 0 Å². The lowest BCUT2D eigenvalue weighted by Gasteiger charge is -2.09. The Labute approximate surface area is 111 Å². The van der Waals surface area contributed by atoms with Crippen LogP contribution in [0.25, 0.3) is 0 Å². The molecule has 0 saturated heterocycles. The molecule has 0 aromatic heterocycles. The first-order chi connectivity index (χ1) is 9.06. The van der Waals surface area contributed by atoms with Crippen LogP contribution in [0.5, 0.6) is 0 Å². The zero-order chi connectivity index (χ0) is 14.3. The number of nitrogens with two attached hydrogens (primary N) is 1. The third-order valence-electron chi connectivity index (χ3n) is 2.59. The van der Waals surface area contributed by atoms with Crippen molar-refractivity contribution in [2.45, 2.75) is 19.1 Å². The molecule has 1 aromatic carbocycles. The van der Waals surface area contributed by atoms with Crippen LogP contribution in [0.15, 0.2) is 24.3 Å². The van der Waals surface area contributed by atoms with Crippen LogP contribution >= 0.6 is 0 Å². The van der Waals surface area contributed by atoms with E-state index in [9.17, 15) is 14.7 Å². The molecular formula is C13H18N2O4. The number of amides is 1. The van der Waals surface area contributed by atoms with E-state index in [1.807, 2.05) is 24.3 Å². The zero-order valence-electron chi connectivity index (χ0n) is 10.8. The van der Waals surface area contributed by atoms with Gasteiger partial charge in [-0.3, -0.25) is 4.79 Å². The molecule has 0 fully saturated rings. The largest absolute Gasteiger partial charge is 0.467 e. The summed E-state index contributed by atoms with van der Waals surface area (Å²) in [7, 11) is 1.17. The van der Waals surface area contributed by atoms with Crippen LogP contribution in [0.4, 0.5) is 0 Å². The molecule has 0 radical (unpaired) electrons. The highest BCUT2D eigenvalue weighted by Crippen LogP contribution is 2.04. The van der Waals surface area contributed by atoms with E-state index in [-0.39, 0.29) is 18.9 Å². The maximum atomic E-state index is 11.6. The van der Waals surface area contributed by atoms with Gasteiger partial charge in [0.15, 0.2) is 6.10 Å². The van der Waals surface area contributed by atoms with Crippen molar-refractivity contribution in [3.63, 3.8) is 0 Å². The number of esters is 1. The Balaban J connectivity index is 2.40. The summed E-state index contributed by atoms with van der Waals surface area (Å²) in [6.45, 7) is 0.296. The Morgan fingerprint density at radius 3 is 2.42 bits per heavy atom. The molecule has 4 N–H and O–H groups in total. The van der Waals surface area contributed by atoms with Crippen LogP contribution in [0.1, 0.15) is 11.1 Å². The predicted octanol–water partition coefficient (Wildman–Crippen LogP) is -0.662. The number of aliphatic hydroxyl groups is 1. The van der Waals surface area contributed by atoms with Gasteiger partial charge in [0.05, 0.1) is 20.1 Å². The van der Waals surface area contributed by atoms with Crippen LogP contribution in [0.2, 0.25) is 0 Å². The van der Waals surface area contributed by atoms with Crippen LogP contribution < -0.4 is 11.1 Å². The fraction of sp³-hybridized carbons (Fsp3) is 0.385. The van der Waals surface area contributed by atoms with Crippen molar-refractivity contribution in [1.29, 1.82) is 0 Å². The van der Waals surface area contributed by atoms with Gasteiger partial charge in [-0.2, -0.15) is 0 Å². The summed E-state index contributed by atoms with van der Waals surface area (Å²) in [5.41, 5.74) is 7.30. The number of aliphatic hydroxyl groups excluding tert-OH is 1. The first kappa shape index (κ1) is 15.1. The molecule has 6 nitrogen and oxygen atoms in total. The van der Waals surface area contributed by atoms with Crippen LogP contribution in [0.3, 0.4) is 0 Å². The molecule has 19 heavy (non-hydrogen) atoms. The minimum Gasteiger partial charge on any atom is -0.467 e. The molecule has 0 bridgehead atoms. The number of hydrogen-bond acceptors (Lipinski definition) is 5. The number of rotatable bonds is 6. The lowest BCUT2D eigenvalue weighted by Crippen LogP contribution is -2.37. The van der Waals surface area contributed by atoms with E-state index in [4.69, 9.17) is 5.73 Å². The van der Waals surface area contributed by atoms with Crippen LogP contribution in [-0.4, -0.2) is 36.7 Å². The third kappa shape index (κ3) is 5.07. The first-order valence-electron chi connectivity index (χ1n) is 5.87. The second kappa shape index (κ2) is 7.50. The number of carbonyl (C=O) groups is 2. The lowest BCUT2D eigenvalue weighted by atomic mass is 10.1. The van der Waals surface area contributed by atoms with E-state index in [2.05, 4.69) is 10.1 Å². The van der Waals surface area contributed by atoms with Crippen molar-refractivity contribution in [2.24, 2.45) is 5.73 Å². The average Bonchev–Trinajstić information content (AvgIpc) is 2.44. The van der Waals surface area contributed by atoms with Gasteiger partial charge in [0.2, 0.25) is 5.91 Å². The van der Waals surface area contributed by atoms with Gasteiger partial charge in [0, 0.05) is 6.54 Å². The molecule has 0 aliphatic carbocycles. The SMILES string of the molecule is COC(=O)C(O)CNC(=O)Cc1ccc(CN)cc1. The van der Waals surface area contributed by atoms with E-state index in [1.54, 1.807) is 0 Å². The number of carbonyl (C=O) groups excluding carboxylic acids is 2. The van der Waals surface area contributed by atoms with E-state index in [0.717, 1.165) is 11.1 Å². The Bertz CT molecular complexity index is 431. The molecular weight excluding hydrogens is 248 g/mol. The number of ether oxygens (including phenoxy) is 1. The molecule has 1 amide bonds. The molecule has 0 saturated carbocycles. The Kier molecular flexibility index (Phi) is 5.98. The number of methoxy groups -OCH3 is 1. The van der Waals surface area contributed by atoms with E-state index in [0.29, 0.717) is 6.54 Å². The summed E-state index contributed by atoms with van der Waals surface area (Å²) < 4.78 is 4.34. The van der Waals surface area contributed by atoms with Crippen molar-refractivity contribution < 1.29 is 19.4 Å². The Hall–Kier alpha value is -1.92. The second-order valence-electron chi connectivity index (χ2n) is 4.04. The van der Waals surface area contributed by atoms with Gasteiger partial charge in [-0.05, 0) is 11.1 Å². The summed E-state index contributed by atoms with van der Waals surface area (Å²) >= 11 is 0. The molecule has 1 unspecified atom stereocenters. The number of nitrogens with one attached hydrogen (secondary N) is 1. The fourth-order valence-electron chi connectivity index (χ4n) is 1.47.